The van der Waals surface area contributed by atoms with E-state index in [9.17, 15) is 8.42 Å². The number of hydrogen-bond donors (Lipinski definition) is 0. The van der Waals surface area contributed by atoms with Gasteiger partial charge < -0.3 is 4.74 Å². The van der Waals surface area contributed by atoms with Crippen LogP contribution in [0.25, 0.3) is 0 Å². The molecule has 2 aromatic carbocycles. The van der Waals surface area contributed by atoms with Gasteiger partial charge in [0, 0.05) is 17.1 Å². The van der Waals surface area contributed by atoms with Crippen LogP contribution in [0.3, 0.4) is 0 Å². The van der Waals surface area contributed by atoms with Crippen molar-refractivity contribution < 1.29 is 13.2 Å². The molecule has 0 fully saturated rings. The third-order valence-corrected chi connectivity index (χ3v) is 4.65. The minimum Gasteiger partial charge on any atom is -0.492 e. The molecule has 0 aliphatic carbocycles. The molecule has 106 valence electrons. The van der Waals surface area contributed by atoms with E-state index in [0.717, 1.165) is 6.42 Å². The second kappa shape index (κ2) is 6.61. The topological polar surface area (TPSA) is 43.4 Å². The van der Waals surface area contributed by atoms with E-state index in [1.807, 2.05) is 30.3 Å². The summed E-state index contributed by atoms with van der Waals surface area (Å²) in [5, 5.41) is 0. The minimum absolute atomic E-state index is 0.0430. The van der Waals surface area contributed by atoms with E-state index in [4.69, 9.17) is 15.4 Å². The molecule has 6 heteroatoms. The van der Waals surface area contributed by atoms with E-state index < -0.39 is 9.05 Å². The molecule has 0 unspecified atom stereocenters. The van der Waals surface area contributed by atoms with Gasteiger partial charge in [-0.25, -0.2) is 8.42 Å². The molecular weight excluding hydrogens is 364 g/mol. The van der Waals surface area contributed by atoms with Gasteiger partial charge in [0.05, 0.1) is 16.0 Å². The highest BCUT2D eigenvalue weighted by molar-refractivity contribution is 9.10. The van der Waals surface area contributed by atoms with Gasteiger partial charge in [-0.1, -0.05) is 30.3 Å². The molecule has 0 atom stereocenters. The van der Waals surface area contributed by atoms with Crippen LogP contribution in [0.5, 0.6) is 5.75 Å². The van der Waals surface area contributed by atoms with Crippen LogP contribution in [0, 0.1) is 0 Å². The number of ether oxygens (including phenoxy) is 1. The molecule has 0 heterocycles. The maximum absolute atomic E-state index is 11.2. The van der Waals surface area contributed by atoms with Gasteiger partial charge in [-0.05, 0) is 39.7 Å². The Morgan fingerprint density at radius 3 is 2.40 bits per heavy atom. The monoisotopic (exact) mass is 374 g/mol. The van der Waals surface area contributed by atoms with Crippen LogP contribution in [0.1, 0.15) is 5.56 Å². The third kappa shape index (κ3) is 4.23. The quantitative estimate of drug-likeness (QED) is 0.742. The summed E-state index contributed by atoms with van der Waals surface area (Å²) in [7, 11) is 1.56. The van der Waals surface area contributed by atoms with Crippen molar-refractivity contribution in [3.05, 3.63) is 58.6 Å². The summed E-state index contributed by atoms with van der Waals surface area (Å²) < 4.78 is 28.6. The number of benzene rings is 2. The molecule has 0 bridgehead atoms. The Bertz CT molecular complexity index is 687. The van der Waals surface area contributed by atoms with Gasteiger partial charge in [-0.15, -0.1) is 0 Å². The van der Waals surface area contributed by atoms with Crippen LogP contribution in [0.15, 0.2) is 57.9 Å². The van der Waals surface area contributed by atoms with Crippen LogP contribution in [-0.4, -0.2) is 15.0 Å². The maximum Gasteiger partial charge on any atom is 0.261 e. The van der Waals surface area contributed by atoms with Crippen molar-refractivity contribution in [3.63, 3.8) is 0 Å². The van der Waals surface area contributed by atoms with E-state index in [1.165, 1.54) is 17.7 Å². The van der Waals surface area contributed by atoms with Gasteiger partial charge in [0.15, 0.2) is 0 Å². The van der Waals surface area contributed by atoms with E-state index in [1.54, 1.807) is 6.07 Å². The van der Waals surface area contributed by atoms with Gasteiger partial charge in [0.25, 0.3) is 9.05 Å². The molecular formula is C14H12BrClO3S. The number of rotatable bonds is 5. The van der Waals surface area contributed by atoms with E-state index >= 15 is 0 Å². The van der Waals surface area contributed by atoms with E-state index in [2.05, 4.69) is 15.9 Å². The second-order valence-corrected chi connectivity index (χ2v) is 7.53. The second-order valence-electron chi connectivity index (χ2n) is 4.11. The lowest BCUT2D eigenvalue weighted by Gasteiger charge is -2.09. The van der Waals surface area contributed by atoms with Crippen molar-refractivity contribution in [2.24, 2.45) is 0 Å². The van der Waals surface area contributed by atoms with Crippen LogP contribution in [0.4, 0.5) is 0 Å². The van der Waals surface area contributed by atoms with Crippen molar-refractivity contribution in [1.29, 1.82) is 0 Å². The lowest BCUT2D eigenvalue weighted by Crippen LogP contribution is -2.02. The Kier molecular flexibility index (Phi) is 5.07. The minimum atomic E-state index is -3.72. The predicted octanol–water partition coefficient (Wildman–Crippen LogP) is 4.00. The molecule has 20 heavy (non-hydrogen) atoms. The molecule has 0 spiro atoms. The smallest absolute Gasteiger partial charge is 0.261 e. The highest BCUT2D eigenvalue weighted by Crippen LogP contribution is 2.29. The number of hydrogen-bond acceptors (Lipinski definition) is 3. The lowest BCUT2D eigenvalue weighted by molar-refractivity contribution is 0.319. The van der Waals surface area contributed by atoms with Crippen LogP contribution < -0.4 is 4.74 Å². The van der Waals surface area contributed by atoms with E-state index in [0.29, 0.717) is 16.8 Å². The van der Waals surface area contributed by atoms with E-state index in [-0.39, 0.29) is 4.90 Å². The van der Waals surface area contributed by atoms with Crippen LogP contribution in [-0.2, 0) is 15.5 Å². The molecule has 0 saturated carbocycles. The van der Waals surface area contributed by atoms with Gasteiger partial charge in [0.2, 0.25) is 0 Å². The Hall–Kier alpha value is -1.04. The highest BCUT2D eigenvalue weighted by Gasteiger charge is 2.12. The first-order valence-corrected chi connectivity index (χ1v) is 8.98. The molecule has 0 aromatic heterocycles. The molecule has 0 aliphatic rings. The first kappa shape index (κ1) is 15.4. The zero-order valence-corrected chi connectivity index (χ0v) is 13.6. The number of halogens is 2. The summed E-state index contributed by atoms with van der Waals surface area (Å²) >= 11 is 3.28. The van der Waals surface area contributed by atoms with Crippen molar-refractivity contribution in [2.75, 3.05) is 6.61 Å². The Morgan fingerprint density at radius 1 is 1.10 bits per heavy atom. The first-order chi connectivity index (χ1) is 9.47. The lowest BCUT2D eigenvalue weighted by atomic mass is 10.2. The largest absolute Gasteiger partial charge is 0.492 e. The zero-order chi connectivity index (χ0) is 14.6. The van der Waals surface area contributed by atoms with Gasteiger partial charge in [0.1, 0.15) is 5.75 Å². The summed E-state index contributed by atoms with van der Waals surface area (Å²) in [5.74, 6) is 0.588. The Balaban J connectivity index is 2.00. The van der Waals surface area contributed by atoms with Crippen molar-refractivity contribution >= 4 is 35.7 Å². The standard InChI is InChI=1S/C14H12BrClO3S/c15-13-10-12(20(16,17)18)6-7-14(13)19-9-8-11-4-2-1-3-5-11/h1-7,10H,8-9H2. The Labute approximate surface area is 131 Å². The summed E-state index contributed by atoms with van der Waals surface area (Å²) in [6, 6.07) is 14.4. The molecule has 0 aliphatic heterocycles. The predicted molar refractivity (Wildman–Crippen MR) is 82.8 cm³/mol. The molecule has 2 rings (SSSR count). The molecule has 3 nitrogen and oxygen atoms in total. The van der Waals surface area contributed by atoms with Crippen LogP contribution in [0.2, 0.25) is 0 Å². The van der Waals surface area contributed by atoms with Crippen LogP contribution >= 0.6 is 26.6 Å². The fourth-order valence-corrected chi connectivity index (χ4v) is 3.10. The molecule has 0 amide bonds. The van der Waals surface area contributed by atoms with Crippen molar-refractivity contribution in [1.82, 2.24) is 0 Å². The van der Waals surface area contributed by atoms with Gasteiger partial charge in [-0.2, -0.15) is 0 Å². The molecule has 0 N–H and O–H groups in total. The summed E-state index contributed by atoms with van der Waals surface area (Å²) in [6.07, 6.45) is 0.781. The molecule has 2 aromatic rings. The van der Waals surface area contributed by atoms with Gasteiger partial charge in [-0.3, -0.25) is 0 Å². The average Bonchev–Trinajstić information content (AvgIpc) is 2.40. The summed E-state index contributed by atoms with van der Waals surface area (Å²) in [6.45, 7) is 0.510. The molecule has 0 radical (unpaired) electrons. The highest BCUT2D eigenvalue weighted by atomic mass is 79.9. The summed E-state index contributed by atoms with van der Waals surface area (Å²) in [5.41, 5.74) is 1.18. The molecule has 0 saturated heterocycles. The SMILES string of the molecule is O=S(=O)(Cl)c1ccc(OCCc2ccccc2)c(Br)c1. The Morgan fingerprint density at radius 2 is 1.80 bits per heavy atom. The van der Waals surface area contributed by atoms with Gasteiger partial charge >= 0.3 is 0 Å². The maximum atomic E-state index is 11.2. The summed E-state index contributed by atoms with van der Waals surface area (Å²) in [4.78, 5) is 0.0430. The van der Waals surface area contributed by atoms with Crippen molar-refractivity contribution in [3.8, 4) is 5.75 Å². The fourth-order valence-electron chi connectivity index (χ4n) is 1.67. The normalized spacial score (nSPS) is 11.3. The fraction of sp³-hybridized carbons (Fsp3) is 0.143. The zero-order valence-electron chi connectivity index (χ0n) is 10.4. The van der Waals surface area contributed by atoms with Crippen molar-refractivity contribution in [2.45, 2.75) is 11.3 Å². The average molecular weight is 376 g/mol. The third-order valence-electron chi connectivity index (χ3n) is 2.68. The first-order valence-electron chi connectivity index (χ1n) is 5.88.